The Bertz CT molecular complexity index is 502. The minimum Gasteiger partial charge on any atom is -0.494 e. The summed E-state index contributed by atoms with van der Waals surface area (Å²) < 4.78 is 18.1. The molecule has 1 aromatic carbocycles. The quantitative estimate of drug-likeness (QED) is 0.759. The molecule has 2 N–H and O–H groups in total. The van der Waals surface area contributed by atoms with Gasteiger partial charge in [0.25, 0.3) is 0 Å². The van der Waals surface area contributed by atoms with Crippen LogP contribution in [-0.2, 0) is 4.79 Å². The standard InChI is InChI=1S/C16H22FNO3/c1-4-11(2)14(19)10-18-16(20)8-6-12-5-7-13(17)15(9-12)21-3/h5-9,11,14,19H,4,10H2,1-3H3,(H,18,20)/b8-6+. The number of carbonyl (C=O) groups is 1. The van der Waals surface area contributed by atoms with Crippen LogP contribution in [0.4, 0.5) is 4.39 Å². The van der Waals surface area contributed by atoms with Gasteiger partial charge in [0.1, 0.15) is 0 Å². The summed E-state index contributed by atoms with van der Waals surface area (Å²) in [6.07, 6.45) is 3.20. The molecular weight excluding hydrogens is 273 g/mol. The second-order valence-corrected chi connectivity index (χ2v) is 4.93. The first-order valence-corrected chi connectivity index (χ1v) is 6.95. The molecule has 5 heteroatoms. The number of methoxy groups -OCH3 is 1. The van der Waals surface area contributed by atoms with Crippen LogP contribution < -0.4 is 10.1 Å². The van der Waals surface area contributed by atoms with E-state index in [-0.39, 0.29) is 24.1 Å². The van der Waals surface area contributed by atoms with Gasteiger partial charge in [-0.15, -0.1) is 0 Å². The second kappa shape index (κ2) is 8.42. The third-order valence-electron chi connectivity index (χ3n) is 3.39. The van der Waals surface area contributed by atoms with Crippen LogP contribution in [0.15, 0.2) is 24.3 Å². The van der Waals surface area contributed by atoms with E-state index in [0.717, 1.165) is 6.42 Å². The number of amides is 1. The number of hydrogen-bond donors (Lipinski definition) is 2. The van der Waals surface area contributed by atoms with Gasteiger partial charge in [0.05, 0.1) is 13.2 Å². The Labute approximate surface area is 124 Å². The number of halogens is 1. The number of ether oxygens (including phenoxy) is 1. The minimum absolute atomic E-state index is 0.129. The Kier molecular flexibility index (Phi) is 6.88. The Morgan fingerprint density at radius 3 is 2.86 bits per heavy atom. The molecule has 21 heavy (non-hydrogen) atoms. The van der Waals surface area contributed by atoms with Crippen molar-refractivity contribution in [3.63, 3.8) is 0 Å². The van der Waals surface area contributed by atoms with Gasteiger partial charge in [0.2, 0.25) is 5.91 Å². The largest absolute Gasteiger partial charge is 0.494 e. The molecule has 4 nitrogen and oxygen atoms in total. The summed E-state index contributed by atoms with van der Waals surface area (Å²) in [7, 11) is 1.38. The lowest BCUT2D eigenvalue weighted by molar-refractivity contribution is -0.117. The van der Waals surface area contributed by atoms with Crippen molar-refractivity contribution in [3.05, 3.63) is 35.7 Å². The van der Waals surface area contributed by atoms with Crippen molar-refractivity contribution in [3.8, 4) is 5.75 Å². The van der Waals surface area contributed by atoms with Crippen LogP contribution in [0.2, 0.25) is 0 Å². The first-order chi connectivity index (χ1) is 9.97. The van der Waals surface area contributed by atoms with Gasteiger partial charge < -0.3 is 15.2 Å². The highest BCUT2D eigenvalue weighted by atomic mass is 19.1. The average Bonchev–Trinajstić information content (AvgIpc) is 2.50. The normalized spacial score (nSPS) is 14.0. The zero-order valence-corrected chi connectivity index (χ0v) is 12.6. The molecule has 0 radical (unpaired) electrons. The van der Waals surface area contributed by atoms with Gasteiger partial charge in [0.15, 0.2) is 11.6 Å². The van der Waals surface area contributed by atoms with E-state index in [0.29, 0.717) is 5.56 Å². The van der Waals surface area contributed by atoms with Gasteiger partial charge in [-0.25, -0.2) is 4.39 Å². The molecule has 2 atom stereocenters. The molecule has 0 aliphatic carbocycles. The molecule has 0 fully saturated rings. The molecule has 1 amide bonds. The molecule has 0 saturated carbocycles. The highest BCUT2D eigenvalue weighted by Crippen LogP contribution is 2.18. The van der Waals surface area contributed by atoms with Crippen LogP contribution in [0, 0.1) is 11.7 Å². The van der Waals surface area contributed by atoms with Gasteiger partial charge in [0, 0.05) is 12.6 Å². The molecule has 116 valence electrons. The number of aliphatic hydroxyl groups is 1. The average molecular weight is 295 g/mol. The molecule has 1 rings (SSSR count). The number of hydrogen-bond acceptors (Lipinski definition) is 3. The van der Waals surface area contributed by atoms with Crippen molar-refractivity contribution >= 4 is 12.0 Å². The summed E-state index contributed by atoms with van der Waals surface area (Å²) in [5.74, 6) is -0.489. The number of benzene rings is 1. The lowest BCUT2D eigenvalue weighted by atomic mass is 10.0. The summed E-state index contributed by atoms with van der Waals surface area (Å²) in [6.45, 7) is 4.12. The first-order valence-electron chi connectivity index (χ1n) is 6.95. The summed E-state index contributed by atoms with van der Waals surface area (Å²) >= 11 is 0. The van der Waals surface area contributed by atoms with E-state index in [1.807, 2.05) is 13.8 Å². The first kappa shape index (κ1) is 17.2. The zero-order valence-electron chi connectivity index (χ0n) is 12.6. The Morgan fingerprint density at radius 2 is 2.24 bits per heavy atom. The van der Waals surface area contributed by atoms with Crippen LogP contribution in [0.25, 0.3) is 6.08 Å². The van der Waals surface area contributed by atoms with Crippen LogP contribution in [-0.4, -0.2) is 30.8 Å². The van der Waals surface area contributed by atoms with Gasteiger partial charge in [-0.3, -0.25) is 4.79 Å². The smallest absolute Gasteiger partial charge is 0.244 e. The lowest BCUT2D eigenvalue weighted by Crippen LogP contribution is -2.34. The predicted octanol–water partition coefficient (Wildman–Crippen LogP) is 2.37. The number of carbonyl (C=O) groups excluding carboxylic acids is 1. The number of nitrogens with one attached hydrogen (secondary N) is 1. The maximum atomic E-state index is 13.2. The van der Waals surface area contributed by atoms with Crippen LogP contribution in [0.3, 0.4) is 0 Å². The fraction of sp³-hybridized carbons (Fsp3) is 0.438. The molecule has 0 aromatic heterocycles. The van der Waals surface area contributed by atoms with Crippen molar-refractivity contribution < 1.29 is 19.0 Å². The maximum absolute atomic E-state index is 13.2. The molecule has 0 spiro atoms. The monoisotopic (exact) mass is 295 g/mol. The highest BCUT2D eigenvalue weighted by Gasteiger charge is 2.12. The fourth-order valence-corrected chi connectivity index (χ4v) is 1.69. The molecule has 0 bridgehead atoms. The molecule has 0 saturated heterocycles. The third-order valence-corrected chi connectivity index (χ3v) is 3.39. The zero-order chi connectivity index (χ0) is 15.8. The van der Waals surface area contributed by atoms with E-state index in [2.05, 4.69) is 5.32 Å². The Hall–Kier alpha value is -1.88. The van der Waals surface area contributed by atoms with E-state index in [1.165, 1.54) is 25.3 Å². The SMILES string of the molecule is CCC(C)C(O)CNC(=O)/C=C/c1ccc(F)c(OC)c1. The number of rotatable bonds is 7. The molecule has 0 aliphatic heterocycles. The van der Waals surface area contributed by atoms with E-state index in [9.17, 15) is 14.3 Å². The Balaban J connectivity index is 2.54. The van der Waals surface area contributed by atoms with E-state index in [1.54, 1.807) is 12.1 Å². The summed E-state index contributed by atoms with van der Waals surface area (Å²) in [5, 5.41) is 12.4. The van der Waals surface area contributed by atoms with Crippen molar-refractivity contribution in [2.24, 2.45) is 5.92 Å². The van der Waals surface area contributed by atoms with E-state index < -0.39 is 11.9 Å². The van der Waals surface area contributed by atoms with Gasteiger partial charge >= 0.3 is 0 Å². The summed E-state index contributed by atoms with van der Waals surface area (Å²) in [6, 6.07) is 4.34. The summed E-state index contributed by atoms with van der Waals surface area (Å²) in [5.41, 5.74) is 0.658. The topological polar surface area (TPSA) is 58.6 Å². The van der Waals surface area contributed by atoms with E-state index in [4.69, 9.17) is 4.74 Å². The van der Waals surface area contributed by atoms with Crippen molar-refractivity contribution in [2.45, 2.75) is 26.4 Å². The highest BCUT2D eigenvalue weighted by molar-refractivity contribution is 5.91. The molecular formula is C16H22FNO3. The number of aliphatic hydroxyl groups excluding tert-OH is 1. The molecule has 1 aromatic rings. The summed E-state index contributed by atoms with van der Waals surface area (Å²) in [4.78, 5) is 11.6. The molecule has 0 aliphatic rings. The van der Waals surface area contributed by atoms with Gasteiger partial charge in [-0.05, 0) is 29.7 Å². The molecule has 2 unspecified atom stereocenters. The van der Waals surface area contributed by atoms with Crippen molar-refractivity contribution in [2.75, 3.05) is 13.7 Å². The van der Waals surface area contributed by atoms with Crippen molar-refractivity contribution in [1.29, 1.82) is 0 Å². The van der Waals surface area contributed by atoms with Crippen LogP contribution in [0.5, 0.6) is 5.75 Å². The third kappa shape index (κ3) is 5.55. The van der Waals surface area contributed by atoms with Crippen LogP contribution in [0.1, 0.15) is 25.8 Å². The lowest BCUT2D eigenvalue weighted by Gasteiger charge is -2.16. The van der Waals surface area contributed by atoms with E-state index >= 15 is 0 Å². The second-order valence-electron chi connectivity index (χ2n) is 4.93. The molecule has 0 heterocycles. The Morgan fingerprint density at radius 1 is 1.52 bits per heavy atom. The maximum Gasteiger partial charge on any atom is 0.244 e. The van der Waals surface area contributed by atoms with Gasteiger partial charge in [-0.2, -0.15) is 0 Å². The van der Waals surface area contributed by atoms with Crippen LogP contribution >= 0.6 is 0 Å². The predicted molar refractivity (Wildman–Crippen MR) is 80.5 cm³/mol. The minimum atomic E-state index is -0.557. The van der Waals surface area contributed by atoms with Crippen molar-refractivity contribution in [1.82, 2.24) is 5.32 Å². The van der Waals surface area contributed by atoms with Gasteiger partial charge in [-0.1, -0.05) is 26.3 Å². The fourth-order valence-electron chi connectivity index (χ4n) is 1.69.